The second-order valence-electron chi connectivity index (χ2n) is 8.91. The number of nitrogens with zero attached hydrogens (tertiary/aromatic N) is 1. The van der Waals surface area contributed by atoms with Crippen molar-refractivity contribution in [2.24, 2.45) is 0 Å². The van der Waals surface area contributed by atoms with Gasteiger partial charge in [0.15, 0.2) is 0 Å². The fraction of sp³-hybridized carbons (Fsp3) is 0.571. The maximum Gasteiger partial charge on any atom is 0.408 e. The van der Waals surface area contributed by atoms with Crippen LogP contribution in [0.4, 0.5) is 9.18 Å². The predicted molar refractivity (Wildman–Crippen MR) is 112 cm³/mol. The first kappa shape index (κ1) is 24.0. The summed E-state index contributed by atoms with van der Waals surface area (Å²) in [5, 5.41) is 1.69. The molecule has 1 aliphatic rings. The molecule has 2 amide bonds. The molecule has 0 radical (unpaired) electrons. The van der Waals surface area contributed by atoms with Crippen molar-refractivity contribution in [1.82, 2.24) is 10.2 Å². The first-order valence-electron chi connectivity index (χ1n) is 9.65. The van der Waals surface area contributed by atoms with Crippen molar-refractivity contribution in [2.75, 3.05) is 12.3 Å². The third-order valence-electron chi connectivity index (χ3n) is 3.92. The van der Waals surface area contributed by atoms with Crippen LogP contribution in [0.25, 0.3) is 0 Å². The van der Waals surface area contributed by atoms with E-state index in [1.165, 1.54) is 22.7 Å². The van der Waals surface area contributed by atoms with Crippen molar-refractivity contribution in [3.63, 3.8) is 0 Å². The Bertz CT molecular complexity index is 803. The number of ether oxygens (including phenoxy) is 2. The number of halogens is 1. The molecule has 1 aromatic rings. The summed E-state index contributed by atoms with van der Waals surface area (Å²) in [5.41, 5.74) is -1.16. The molecule has 0 aromatic heterocycles. The van der Waals surface area contributed by atoms with Crippen molar-refractivity contribution in [2.45, 2.75) is 64.2 Å². The number of esters is 1. The standard InChI is InChI=1S/C21H29FN2O5S/c1-20(2,3)28-18(26)15-12-30-17(13-9-7-8-10-14(13)22)24(15)16(25)11-23-19(27)29-21(4,5)6/h7-10,15,17H,11-12H2,1-6H3,(H,23,27)/t15-,17+/m0/s1. The Hall–Kier alpha value is -2.29. The molecule has 0 bridgehead atoms. The van der Waals surface area contributed by atoms with Gasteiger partial charge >= 0.3 is 12.1 Å². The third kappa shape index (κ3) is 6.62. The number of carbonyl (C=O) groups excluding carboxylic acids is 3. The van der Waals surface area contributed by atoms with Gasteiger partial charge in [0.25, 0.3) is 0 Å². The van der Waals surface area contributed by atoms with Crippen molar-refractivity contribution in [1.29, 1.82) is 0 Å². The zero-order valence-corrected chi connectivity index (χ0v) is 19.0. The molecule has 7 nitrogen and oxygen atoms in total. The summed E-state index contributed by atoms with van der Waals surface area (Å²) < 4.78 is 25.0. The van der Waals surface area contributed by atoms with Crippen molar-refractivity contribution >= 4 is 29.7 Å². The van der Waals surface area contributed by atoms with E-state index in [0.717, 1.165) is 0 Å². The Morgan fingerprint density at radius 3 is 2.27 bits per heavy atom. The van der Waals surface area contributed by atoms with Gasteiger partial charge in [-0.1, -0.05) is 18.2 Å². The first-order valence-corrected chi connectivity index (χ1v) is 10.7. The molecule has 1 aromatic carbocycles. The van der Waals surface area contributed by atoms with Gasteiger partial charge in [0, 0.05) is 11.3 Å². The van der Waals surface area contributed by atoms with Crippen molar-refractivity contribution in [3.8, 4) is 0 Å². The lowest BCUT2D eigenvalue weighted by molar-refractivity contribution is -0.163. The molecule has 1 heterocycles. The number of hydrogen-bond donors (Lipinski definition) is 1. The summed E-state index contributed by atoms with van der Waals surface area (Å²) in [6.07, 6.45) is -0.751. The molecule has 0 spiro atoms. The molecule has 166 valence electrons. The van der Waals surface area contributed by atoms with Gasteiger partial charge in [-0.25, -0.2) is 14.0 Å². The van der Waals surface area contributed by atoms with Gasteiger partial charge < -0.3 is 19.7 Å². The monoisotopic (exact) mass is 440 g/mol. The van der Waals surface area contributed by atoms with Crippen LogP contribution in [0.3, 0.4) is 0 Å². The van der Waals surface area contributed by atoms with E-state index in [9.17, 15) is 18.8 Å². The van der Waals surface area contributed by atoms with Crippen LogP contribution in [0, 0.1) is 5.82 Å². The second kappa shape index (κ2) is 9.24. The molecule has 0 unspecified atom stereocenters. The molecule has 1 aliphatic heterocycles. The molecule has 1 fully saturated rings. The van der Waals surface area contributed by atoms with Crippen LogP contribution < -0.4 is 5.32 Å². The highest BCUT2D eigenvalue weighted by atomic mass is 32.2. The number of carbonyl (C=O) groups is 3. The predicted octanol–water partition coefficient (Wildman–Crippen LogP) is 3.63. The third-order valence-corrected chi connectivity index (χ3v) is 5.23. The van der Waals surface area contributed by atoms with Crippen LogP contribution in [0.1, 0.15) is 52.5 Å². The zero-order chi connectivity index (χ0) is 22.7. The highest BCUT2D eigenvalue weighted by molar-refractivity contribution is 7.99. The van der Waals surface area contributed by atoms with Crippen LogP contribution in [0.2, 0.25) is 0 Å². The summed E-state index contributed by atoms with van der Waals surface area (Å²) in [6.45, 7) is 9.93. The van der Waals surface area contributed by atoms with Gasteiger partial charge in [0.2, 0.25) is 5.91 Å². The van der Waals surface area contributed by atoms with Gasteiger partial charge in [-0.2, -0.15) is 0 Å². The Morgan fingerprint density at radius 2 is 1.70 bits per heavy atom. The van der Waals surface area contributed by atoms with Crippen LogP contribution in [-0.2, 0) is 19.1 Å². The Labute approximate surface area is 180 Å². The largest absolute Gasteiger partial charge is 0.458 e. The smallest absolute Gasteiger partial charge is 0.408 e. The number of nitrogens with one attached hydrogen (secondary N) is 1. The lowest BCUT2D eigenvalue weighted by Gasteiger charge is -2.31. The number of amides is 2. The minimum atomic E-state index is -0.897. The maximum absolute atomic E-state index is 14.4. The van der Waals surface area contributed by atoms with Gasteiger partial charge in [-0.3, -0.25) is 4.79 Å². The van der Waals surface area contributed by atoms with E-state index in [0.29, 0.717) is 5.56 Å². The van der Waals surface area contributed by atoms with Gasteiger partial charge in [0.1, 0.15) is 35.0 Å². The lowest BCUT2D eigenvalue weighted by Crippen LogP contribution is -2.49. The van der Waals surface area contributed by atoms with Gasteiger partial charge in [0.05, 0.1) is 0 Å². The van der Waals surface area contributed by atoms with Crippen molar-refractivity contribution in [3.05, 3.63) is 35.6 Å². The normalized spacial score (nSPS) is 19.4. The Kier molecular flexibility index (Phi) is 7.39. The molecular formula is C21H29FN2O5S. The molecule has 1 N–H and O–H groups in total. The summed E-state index contributed by atoms with van der Waals surface area (Å²) >= 11 is 1.27. The number of thioether (sulfide) groups is 1. The Balaban J connectivity index is 2.23. The second-order valence-corrected chi connectivity index (χ2v) is 10.0. The highest BCUT2D eigenvalue weighted by Gasteiger charge is 2.44. The van der Waals surface area contributed by atoms with Crippen molar-refractivity contribution < 1.29 is 28.2 Å². The number of benzene rings is 1. The van der Waals surface area contributed by atoms with E-state index in [-0.39, 0.29) is 12.3 Å². The minimum absolute atomic E-state index is 0.256. The molecular weight excluding hydrogens is 411 g/mol. The molecule has 2 atom stereocenters. The summed E-state index contributed by atoms with van der Waals surface area (Å²) in [4.78, 5) is 38.9. The van der Waals surface area contributed by atoms with Gasteiger partial charge in [-0.05, 0) is 47.6 Å². The molecule has 30 heavy (non-hydrogen) atoms. The maximum atomic E-state index is 14.4. The van der Waals surface area contributed by atoms with E-state index < -0.39 is 46.4 Å². The quantitative estimate of drug-likeness (QED) is 0.720. The summed E-state index contributed by atoms with van der Waals surface area (Å²) in [6, 6.07) is 5.21. The van der Waals surface area contributed by atoms with E-state index in [4.69, 9.17) is 9.47 Å². The van der Waals surface area contributed by atoms with E-state index in [1.807, 2.05) is 0 Å². The molecule has 1 saturated heterocycles. The van der Waals surface area contributed by atoms with Crippen LogP contribution in [0.15, 0.2) is 24.3 Å². The average molecular weight is 441 g/mol. The van der Waals surface area contributed by atoms with E-state index in [1.54, 1.807) is 59.7 Å². The van der Waals surface area contributed by atoms with Crippen LogP contribution in [-0.4, -0.2) is 52.4 Å². The van der Waals surface area contributed by atoms with Crippen LogP contribution in [0.5, 0.6) is 0 Å². The topological polar surface area (TPSA) is 84.9 Å². The average Bonchev–Trinajstić information content (AvgIpc) is 3.02. The fourth-order valence-corrected chi connectivity index (χ4v) is 4.29. The van der Waals surface area contributed by atoms with E-state index >= 15 is 0 Å². The van der Waals surface area contributed by atoms with E-state index in [2.05, 4.69) is 5.32 Å². The zero-order valence-electron chi connectivity index (χ0n) is 18.2. The Morgan fingerprint density at radius 1 is 1.10 bits per heavy atom. The lowest BCUT2D eigenvalue weighted by atomic mass is 10.1. The molecule has 9 heteroatoms. The molecule has 2 rings (SSSR count). The number of hydrogen-bond acceptors (Lipinski definition) is 6. The van der Waals surface area contributed by atoms with Gasteiger partial charge in [-0.15, -0.1) is 11.8 Å². The summed E-state index contributed by atoms with van der Waals surface area (Å²) in [5.74, 6) is -1.32. The number of alkyl carbamates (subject to hydrolysis) is 1. The minimum Gasteiger partial charge on any atom is -0.458 e. The fourth-order valence-electron chi connectivity index (χ4n) is 2.83. The highest BCUT2D eigenvalue weighted by Crippen LogP contribution is 2.42. The number of rotatable bonds is 4. The van der Waals surface area contributed by atoms with Crippen LogP contribution >= 0.6 is 11.8 Å². The summed E-state index contributed by atoms with van der Waals surface area (Å²) in [7, 11) is 0. The SMILES string of the molecule is CC(C)(C)OC(=O)NCC(=O)N1[C@@H](c2ccccc2F)SC[C@H]1C(=O)OC(C)(C)C. The molecule has 0 aliphatic carbocycles. The molecule has 0 saturated carbocycles. The first-order chi connectivity index (χ1) is 13.8.